The van der Waals surface area contributed by atoms with Gasteiger partial charge in [0.1, 0.15) is 17.0 Å². The lowest BCUT2D eigenvalue weighted by Gasteiger charge is -2.27. The standard InChI is InChI=1S/C16H21N3O2S/c1-3-21-15(20)16(6-4-5-7-16)9-17-13-12-8-11(2)22-14(12)19-10-18-13/h8,10H,3-7,9H2,1-2H3,(H,17,18,19). The summed E-state index contributed by atoms with van der Waals surface area (Å²) in [7, 11) is 0. The second kappa shape index (κ2) is 6.20. The molecule has 0 aromatic carbocycles. The molecule has 1 N–H and O–H groups in total. The zero-order chi connectivity index (χ0) is 15.6. The summed E-state index contributed by atoms with van der Waals surface area (Å²) >= 11 is 1.66. The van der Waals surface area contributed by atoms with E-state index in [1.165, 1.54) is 4.88 Å². The third kappa shape index (κ3) is 2.79. The Labute approximate surface area is 134 Å². The minimum Gasteiger partial charge on any atom is -0.466 e. The Morgan fingerprint density at radius 2 is 2.18 bits per heavy atom. The number of carbonyl (C=O) groups excluding carboxylic acids is 1. The maximum atomic E-state index is 12.4. The topological polar surface area (TPSA) is 64.1 Å². The summed E-state index contributed by atoms with van der Waals surface area (Å²) in [4.78, 5) is 23.2. The third-order valence-corrected chi connectivity index (χ3v) is 5.27. The van der Waals surface area contributed by atoms with Crippen LogP contribution in [0, 0.1) is 12.3 Å². The number of aryl methyl sites for hydroxylation is 1. The van der Waals surface area contributed by atoms with Crippen molar-refractivity contribution in [3.05, 3.63) is 17.3 Å². The van der Waals surface area contributed by atoms with Crippen molar-refractivity contribution in [2.24, 2.45) is 5.41 Å². The number of rotatable bonds is 5. The molecular weight excluding hydrogens is 298 g/mol. The molecule has 1 aliphatic rings. The number of aromatic nitrogens is 2. The van der Waals surface area contributed by atoms with Gasteiger partial charge in [-0.15, -0.1) is 11.3 Å². The minimum atomic E-state index is -0.404. The van der Waals surface area contributed by atoms with E-state index in [0.29, 0.717) is 13.2 Å². The van der Waals surface area contributed by atoms with Gasteiger partial charge in [0.15, 0.2) is 0 Å². The zero-order valence-electron chi connectivity index (χ0n) is 13.0. The highest BCUT2D eigenvalue weighted by atomic mass is 32.1. The summed E-state index contributed by atoms with van der Waals surface area (Å²) in [6.07, 6.45) is 5.51. The number of hydrogen-bond donors (Lipinski definition) is 1. The van der Waals surface area contributed by atoms with E-state index < -0.39 is 5.41 Å². The van der Waals surface area contributed by atoms with Gasteiger partial charge in [0.05, 0.1) is 17.4 Å². The first kappa shape index (κ1) is 15.2. The monoisotopic (exact) mass is 319 g/mol. The fourth-order valence-electron chi connectivity index (χ4n) is 3.16. The Kier molecular flexibility index (Phi) is 4.29. The molecule has 0 saturated heterocycles. The van der Waals surface area contributed by atoms with Crippen molar-refractivity contribution >= 4 is 33.3 Å². The third-order valence-electron chi connectivity index (χ3n) is 4.32. The number of nitrogens with one attached hydrogen (secondary N) is 1. The molecule has 0 amide bonds. The lowest BCUT2D eigenvalue weighted by molar-refractivity contribution is -0.154. The number of esters is 1. The Bertz CT molecular complexity index is 677. The molecule has 2 aromatic rings. The van der Waals surface area contributed by atoms with Crippen molar-refractivity contribution in [2.45, 2.75) is 39.5 Å². The summed E-state index contributed by atoms with van der Waals surface area (Å²) in [5, 5.41) is 4.41. The number of carbonyl (C=O) groups is 1. The molecule has 118 valence electrons. The van der Waals surface area contributed by atoms with Crippen molar-refractivity contribution in [2.75, 3.05) is 18.5 Å². The van der Waals surface area contributed by atoms with E-state index in [9.17, 15) is 4.79 Å². The van der Waals surface area contributed by atoms with Crippen molar-refractivity contribution in [3.8, 4) is 0 Å². The van der Waals surface area contributed by atoms with E-state index >= 15 is 0 Å². The average Bonchev–Trinajstić information content (AvgIpc) is 3.11. The maximum Gasteiger partial charge on any atom is 0.313 e. The van der Waals surface area contributed by atoms with E-state index in [0.717, 1.165) is 41.7 Å². The highest BCUT2D eigenvalue weighted by Crippen LogP contribution is 2.40. The molecule has 22 heavy (non-hydrogen) atoms. The van der Waals surface area contributed by atoms with Gasteiger partial charge in [0, 0.05) is 11.4 Å². The molecule has 0 atom stereocenters. The van der Waals surface area contributed by atoms with E-state index in [-0.39, 0.29) is 5.97 Å². The molecule has 1 aliphatic carbocycles. The fourth-order valence-corrected chi connectivity index (χ4v) is 4.01. The molecular formula is C16H21N3O2S. The molecule has 0 aliphatic heterocycles. The first-order valence-electron chi connectivity index (χ1n) is 7.77. The van der Waals surface area contributed by atoms with E-state index in [1.807, 2.05) is 6.92 Å². The average molecular weight is 319 g/mol. The van der Waals surface area contributed by atoms with Crippen molar-refractivity contribution in [1.82, 2.24) is 9.97 Å². The van der Waals surface area contributed by atoms with E-state index in [2.05, 4.69) is 28.3 Å². The van der Waals surface area contributed by atoms with E-state index in [4.69, 9.17) is 4.74 Å². The molecule has 0 bridgehead atoms. The zero-order valence-corrected chi connectivity index (χ0v) is 13.8. The molecule has 1 saturated carbocycles. The summed E-state index contributed by atoms with van der Waals surface area (Å²) < 4.78 is 5.30. The van der Waals surface area contributed by atoms with Gasteiger partial charge in [-0.25, -0.2) is 9.97 Å². The van der Waals surface area contributed by atoms with Crippen LogP contribution in [0.3, 0.4) is 0 Å². The maximum absolute atomic E-state index is 12.4. The molecule has 6 heteroatoms. The van der Waals surface area contributed by atoms with Gasteiger partial charge in [-0.1, -0.05) is 12.8 Å². The van der Waals surface area contributed by atoms with Crippen LogP contribution in [0.5, 0.6) is 0 Å². The Hall–Kier alpha value is -1.69. The predicted molar refractivity (Wildman–Crippen MR) is 88.2 cm³/mol. The number of thiophene rings is 1. The smallest absolute Gasteiger partial charge is 0.313 e. The van der Waals surface area contributed by atoms with Crippen LogP contribution < -0.4 is 5.32 Å². The molecule has 2 aromatic heterocycles. The van der Waals surface area contributed by atoms with Gasteiger partial charge in [0.25, 0.3) is 0 Å². The van der Waals surface area contributed by atoms with Crippen molar-refractivity contribution < 1.29 is 9.53 Å². The second-order valence-electron chi connectivity index (χ2n) is 5.86. The molecule has 2 heterocycles. The van der Waals surface area contributed by atoms with Crippen LogP contribution in [0.4, 0.5) is 5.82 Å². The molecule has 3 rings (SSSR count). The first-order valence-corrected chi connectivity index (χ1v) is 8.58. The number of ether oxygens (including phenoxy) is 1. The minimum absolute atomic E-state index is 0.0770. The molecule has 0 spiro atoms. The Morgan fingerprint density at radius 1 is 1.41 bits per heavy atom. The normalized spacial score (nSPS) is 16.8. The number of hydrogen-bond acceptors (Lipinski definition) is 6. The highest BCUT2D eigenvalue weighted by molar-refractivity contribution is 7.18. The second-order valence-corrected chi connectivity index (χ2v) is 7.09. The van der Waals surface area contributed by atoms with Crippen LogP contribution >= 0.6 is 11.3 Å². The van der Waals surface area contributed by atoms with Gasteiger partial charge in [-0.3, -0.25) is 4.79 Å². The highest BCUT2D eigenvalue weighted by Gasteiger charge is 2.42. The summed E-state index contributed by atoms with van der Waals surface area (Å²) in [6.45, 7) is 4.93. The quantitative estimate of drug-likeness (QED) is 0.854. The molecule has 1 fully saturated rings. The van der Waals surface area contributed by atoms with Crippen LogP contribution in [0.15, 0.2) is 12.4 Å². The van der Waals surface area contributed by atoms with Crippen LogP contribution in [0.1, 0.15) is 37.5 Å². The van der Waals surface area contributed by atoms with Crippen LogP contribution in [-0.2, 0) is 9.53 Å². The van der Waals surface area contributed by atoms with Crippen molar-refractivity contribution in [3.63, 3.8) is 0 Å². The summed E-state index contributed by atoms with van der Waals surface area (Å²) in [5.74, 6) is 0.733. The Balaban J connectivity index is 1.81. The van der Waals surface area contributed by atoms with E-state index in [1.54, 1.807) is 17.7 Å². The SMILES string of the molecule is CCOC(=O)C1(CNc2ncnc3sc(C)cc23)CCCC1. The van der Waals surface area contributed by atoms with Gasteiger partial charge >= 0.3 is 5.97 Å². The predicted octanol–water partition coefficient (Wildman–Crippen LogP) is 3.54. The Morgan fingerprint density at radius 3 is 2.91 bits per heavy atom. The van der Waals surface area contributed by atoms with Gasteiger partial charge < -0.3 is 10.1 Å². The molecule has 0 unspecified atom stereocenters. The van der Waals surface area contributed by atoms with Gasteiger partial charge in [-0.05, 0) is 32.8 Å². The lowest BCUT2D eigenvalue weighted by Crippen LogP contribution is -2.37. The largest absolute Gasteiger partial charge is 0.466 e. The van der Waals surface area contributed by atoms with Crippen LogP contribution in [-0.4, -0.2) is 29.1 Å². The number of nitrogens with zero attached hydrogens (tertiary/aromatic N) is 2. The molecule has 5 nitrogen and oxygen atoms in total. The number of anilines is 1. The van der Waals surface area contributed by atoms with Crippen LogP contribution in [0.2, 0.25) is 0 Å². The van der Waals surface area contributed by atoms with Crippen molar-refractivity contribution in [1.29, 1.82) is 0 Å². The van der Waals surface area contributed by atoms with Gasteiger partial charge in [-0.2, -0.15) is 0 Å². The number of fused-ring (bicyclic) bond motifs is 1. The molecule has 0 radical (unpaired) electrons. The summed E-state index contributed by atoms with van der Waals surface area (Å²) in [6, 6.07) is 2.09. The van der Waals surface area contributed by atoms with Gasteiger partial charge in [0.2, 0.25) is 0 Å². The first-order chi connectivity index (χ1) is 10.6. The summed E-state index contributed by atoms with van der Waals surface area (Å²) in [5.41, 5.74) is -0.404. The van der Waals surface area contributed by atoms with Crippen LogP contribution in [0.25, 0.3) is 10.2 Å². The lowest BCUT2D eigenvalue weighted by atomic mass is 9.86. The fraction of sp³-hybridized carbons (Fsp3) is 0.562.